The molecule has 1 atom stereocenters. The van der Waals surface area contributed by atoms with Gasteiger partial charge in [-0.05, 0) is 20.3 Å². The van der Waals surface area contributed by atoms with Gasteiger partial charge in [0.05, 0.1) is 30.9 Å². The van der Waals surface area contributed by atoms with E-state index in [4.69, 9.17) is 9.26 Å². The van der Waals surface area contributed by atoms with Crippen LogP contribution in [0.1, 0.15) is 49.7 Å². The molecule has 0 aromatic carbocycles. The Morgan fingerprint density at radius 3 is 2.81 bits per heavy atom. The number of hydrogen-bond donors (Lipinski definition) is 1. The van der Waals surface area contributed by atoms with Gasteiger partial charge >= 0.3 is 0 Å². The van der Waals surface area contributed by atoms with Crippen molar-refractivity contribution in [2.24, 2.45) is 0 Å². The van der Waals surface area contributed by atoms with Gasteiger partial charge in [-0.1, -0.05) is 12.1 Å². The van der Waals surface area contributed by atoms with E-state index in [1.54, 1.807) is 6.33 Å². The lowest BCUT2D eigenvalue weighted by atomic mass is 9.95. The van der Waals surface area contributed by atoms with E-state index in [2.05, 4.69) is 51.8 Å². The van der Waals surface area contributed by atoms with Crippen molar-refractivity contribution >= 4 is 0 Å². The standard InChI is InChI=1S/C19H29N5O2/c1-4-14-11-16(26-22-14)18-17-15(20-13-21-17)5-6-23(18)12-19(2,3)24-7-9-25-10-8-24/h11,13,18H,4-10,12H2,1-3H3,(H,20,21). The first kappa shape index (κ1) is 17.7. The molecular formula is C19H29N5O2. The fraction of sp³-hybridized carbons (Fsp3) is 0.684. The molecule has 2 aliphatic rings. The quantitative estimate of drug-likeness (QED) is 0.881. The zero-order valence-corrected chi connectivity index (χ0v) is 16.0. The predicted molar refractivity (Wildman–Crippen MR) is 98.1 cm³/mol. The summed E-state index contributed by atoms with van der Waals surface area (Å²) < 4.78 is 11.3. The van der Waals surface area contributed by atoms with Crippen LogP contribution in [-0.2, 0) is 17.6 Å². The van der Waals surface area contributed by atoms with Crippen LogP contribution in [0.5, 0.6) is 0 Å². The Kier molecular flexibility index (Phi) is 4.86. The lowest BCUT2D eigenvalue weighted by Crippen LogP contribution is -2.56. The Morgan fingerprint density at radius 2 is 2.08 bits per heavy atom. The number of rotatable bonds is 5. The minimum atomic E-state index is 0.0260. The molecule has 142 valence electrons. The Hall–Kier alpha value is -1.70. The molecule has 1 N–H and O–H groups in total. The van der Waals surface area contributed by atoms with Crippen LogP contribution in [0.15, 0.2) is 16.9 Å². The zero-order chi connectivity index (χ0) is 18.1. The van der Waals surface area contributed by atoms with Crippen LogP contribution >= 0.6 is 0 Å². The van der Waals surface area contributed by atoms with Gasteiger partial charge in [0, 0.05) is 49.9 Å². The fourth-order valence-electron chi connectivity index (χ4n) is 4.20. The zero-order valence-electron chi connectivity index (χ0n) is 16.0. The van der Waals surface area contributed by atoms with E-state index in [9.17, 15) is 0 Å². The molecular weight excluding hydrogens is 330 g/mol. The minimum Gasteiger partial charge on any atom is -0.379 e. The van der Waals surface area contributed by atoms with Crippen molar-refractivity contribution in [3.8, 4) is 0 Å². The Bertz CT molecular complexity index is 732. The molecule has 0 amide bonds. The van der Waals surface area contributed by atoms with E-state index in [1.165, 1.54) is 5.69 Å². The highest BCUT2D eigenvalue weighted by molar-refractivity contribution is 5.28. The molecule has 4 rings (SSSR count). The first-order chi connectivity index (χ1) is 12.6. The van der Waals surface area contributed by atoms with Crippen molar-refractivity contribution < 1.29 is 9.26 Å². The minimum absolute atomic E-state index is 0.0260. The number of H-pyrrole nitrogens is 1. The summed E-state index contributed by atoms with van der Waals surface area (Å²) in [6.07, 6.45) is 3.66. The summed E-state index contributed by atoms with van der Waals surface area (Å²) in [6.45, 7) is 12.3. The van der Waals surface area contributed by atoms with E-state index in [-0.39, 0.29) is 11.6 Å². The average molecular weight is 359 g/mol. The monoisotopic (exact) mass is 359 g/mol. The molecule has 0 aliphatic carbocycles. The summed E-state index contributed by atoms with van der Waals surface area (Å²) >= 11 is 0. The first-order valence-electron chi connectivity index (χ1n) is 9.63. The number of aryl methyl sites for hydroxylation is 1. The van der Waals surface area contributed by atoms with E-state index < -0.39 is 0 Å². The largest absolute Gasteiger partial charge is 0.379 e. The Labute approximate surface area is 154 Å². The van der Waals surface area contributed by atoms with E-state index in [0.29, 0.717) is 0 Å². The Balaban J connectivity index is 1.61. The number of nitrogens with one attached hydrogen (secondary N) is 1. The predicted octanol–water partition coefficient (Wildman–Crippen LogP) is 2.02. The second kappa shape index (κ2) is 7.13. The number of morpholine rings is 1. The van der Waals surface area contributed by atoms with Gasteiger partial charge < -0.3 is 14.2 Å². The first-order valence-corrected chi connectivity index (χ1v) is 9.63. The molecule has 2 aromatic rings. The van der Waals surface area contributed by atoms with Crippen LogP contribution in [0.2, 0.25) is 0 Å². The van der Waals surface area contributed by atoms with Gasteiger partial charge in [-0.3, -0.25) is 9.80 Å². The molecule has 1 unspecified atom stereocenters. The highest BCUT2D eigenvalue weighted by Crippen LogP contribution is 2.35. The van der Waals surface area contributed by atoms with E-state index in [0.717, 1.165) is 69.4 Å². The average Bonchev–Trinajstić information content (AvgIpc) is 3.31. The second-order valence-electron chi connectivity index (χ2n) is 7.88. The molecule has 7 nitrogen and oxygen atoms in total. The SMILES string of the molecule is CCc1cc(C2c3nc[nH]c3CCN2CC(C)(C)N2CCOCC2)on1. The third-order valence-electron chi connectivity index (χ3n) is 5.69. The molecule has 7 heteroatoms. The normalized spacial score (nSPS) is 22.5. The van der Waals surface area contributed by atoms with Crippen LogP contribution in [0, 0.1) is 0 Å². The fourth-order valence-corrected chi connectivity index (χ4v) is 4.20. The molecule has 1 fully saturated rings. The van der Waals surface area contributed by atoms with Gasteiger partial charge in [0.1, 0.15) is 6.04 Å². The molecule has 26 heavy (non-hydrogen) atoms. The summed E-state index contributed by atoms with van der Waals surface area (Å²) in [5, 5.41) is 4.22. The highest BCUT2D eigenvalue weighted by atomic mass is 16.5. The van der Waals surface area contributed by atoms with Crippen LogP contribution in [0.25, 0.3) is 0 Å². The maximum Gasteiger partial charge on any atom is 0.160 e. The summed E-state index contributed by atoms with van der Waals surface area (Å²) in [6, 6.07) is 2.11. The number of aromatic nitrogens is 3. The molecule has 1 saturated heterocycles. The molecule has 2 aliphatic heterocycles. The number of nitrogens with zero attached hydrogens (tertiary/aromatic N) is 4. The van der Waals surface area contributed by atoms with Crippen molar-refractivity contribution in [2.45, 2.75) is 45.2 Å². The third kappa shape index (κ3) is 3.31. The molecule has 0 radical (unpaired) electrons. The van der Waals surface area contributed by atoms with E-state index >= 15 is 0 Å². The van der Waals surface area contributed by atoms with Gasteiger partial charge in [-0.2, -0.15) is 0 Å². The maximum absolute atomic E-state index is 5.73. The number of fused-ring (bicyclic) bond motifs is 1. The van der Waals surface area contributed by atoms with Gasteiger partial charge in [-0.25, -0.2) is 4.98 Å². The molecule has 0 saturated carbocycles. The van der Waals surface area contributed by atoms with Crippen molar-refractivity contribution in [2.75, 3.05) is 39.4 Å². The summed E-state index contributed by atoms with van der Waals surface area (Å²) in [4.78, 5) is 13.0. The molecule has 4 heterocycles. The summed E-state index contributed by atoms with van der Waals surface area (Å²) in [5.41, 5.74) is 3.34. The van der Waals surface area contributed by atoms with Gasteiger partial charge in [0.2, 0.25) is 0 Å². The number of hydrogen-bond acceptors (Lipinski definition) is 6. The number of aromatic amines is 1. The second-order valence-corrected chi connectivity index (χ2v) is 7.88. The van der Waals surface area contributed by atoms with Crippen LogP contribution < -0.4 is 0 Å². The van der Waals surface area contributed by atoms with Crippen LogP contribution in [-0.4, -0.2) is 69.9 Å². The number of imidazole rings is 1. The van der Waals surface area contributed by atoms with Crippen molar-refractivity contribution in [1.29, 1.82) is 0 Å². The lowest BCUT2D eigenvalue weighted by molar-refractivity contribution is -0.0268. The molecule has 2 aromatic heterocycles. The van der Waals surface area contributed by atoms with Crippen LogP contribution in [0.3, 0.4) is 0 Å². The number of ether oxygens (including phenoxy) is 1. The maximum atomic E-state index is 5.73. The van der Waals surface area contributed by atoms with Gasteiger partial charge in [0.15, 0.2) is 5.76 Å². The van der Waals surface area contributed by atoms with Crippen LogP contribution in [0.4, 0.5) is 0 Å². The summed E-state index contributed by atoms with van der Waals surface area (Å²) in [5.74, 6) is 0.896. The molecule has 0 spiro atoms. The summed E-state index contributed by atoms with van der Waals surface area (Å²) in [7, 11) is 0. The smallest absolute Gasteiger partial charge is 0.160 e. The topological polar surface area (TPSA) is 70.4 Å². The lowest BCUT2D eigenvalue weighted by Gasteiger charge is -2.45. The third-order valence-corrected chi connectivity index (χ3v) is 5.69. The van der Waals surface area contributed by atoms with E-state index in [1.807, 2.05) is 0 Å². The van der Waals surface area contributed by atoms with Crippen molar-refractivity contribution in [3.05, 3.63) is 35.2 Å². The Morgan fingerprint density at radius 1 is 1.27 bits per heavy atom. The molecule has 0 bridgehead atoms. The van der Waals surface area contributed by atoms with Gasteiger partial charge in [0.25, 0.3) is 0 Å². The van der Waals surface area contributed by atoms with Gasteiger partial charge in [-0.15, -0.1) is 0 Å². The highest BCUT2D eigenvalue weighted by Gasteiger charge is 2.38. The van der Waals surface area contributed by atoms with Crippen molar-refractivity contribution in [1.82, 2.24) is 24.9 Å². The van der Waals surface area contributed by atoms with Crippen molar-refractivity contribution in [3.63, 3.8) is 0 Å².